The van der Waals surface area contributed by atoms with Gasteiger partial charge in [0.25, 0.3) is 5.56 Å². The summed E-state index contributed by atoms with van der Waals surface area (Å²) in [6.45, 7) is 3.63. The molecule has 1 aliphatic carbocycles. The van der Waals surface area contributed by atoms with E-state index in [1.807, 2.05) is 36.4 Å². The van der Waals surface area contributed by atoms with Crippen LogP contribution < -0.4 is 20.3 Å². The average molecular weight is 464 g/mol. The van der Waals surface area contributed by atoms with Crippen LogP contribution in [0.3, 0.4) is 0 Å². The molecular weight excluding hydrogens is 434 g/mol. The smallest absolute Gasteiger partial charge is 0.253 e. The number of aromatic amines is 1. The molecule has 5 rings (SSSR count). The summed E-state index contributed by atoms with van der Waals surface area (Å²) in [5.74, 6) is 1.39. The standard InChI is InChI=1S/C26H29N3O3S/c1-17(18-7-3-2-4-8-18)27-26(33)29(21-9-5-6-10-21)16-20-13-19-14-23-24(32-12-11-31-23)15-22(19)28-25(20)30/h2-4,7-8,13-15,17,21H,5-6,9-12,16H2,1H3,(H,27,33)(H,28,30)/t17-/m0/s1. The molecule has 0 amide bonds. The Labute approximate surface area is 198 Å². The number of benzene rings is 2. The predicted octanol–water partition coefficient (Wildman–Crippen LogP) is 4.68. The van der Waals surface area contributed by atoms with Gasteiger partial charge in [-0.25, -0.2) is 0 Å². The number of ether oxygens (including phenoxy) is 2. The number of rotatable bonds is 5. The van der Waals surface area contributed by atoms with Crippen molar-refractivity contribution in [1.29, 1.82) is 0 Å². The number of hydrogen-bond donors (Lipinski definition) is 2. The van der Waals surface area contributed by atoms with Crippen LogP contribution >= 0.6 is 12.2 Å². The molecule has 0 spiro atoms. The Morgan fingerprint density at radius 2 is 1.82 bits per heavy atom. The van der Waals surface area contributed by atoms with Gasteiger partial charge in [-0.15, -0.1) is 0 Å². The molecule has 172 valence electrons. The van der Waals surface area contributed by atoms with Crippen LogP contribution in [0.25, 0.3) is 10.9 Å². The van der Waals surface area contributed by atoms with Crippen molar-refractivity contribution in [3.8, 4) is 11.5 Å². The maximum atomic E-state index is 13.0. The van der Waals surface area contributed by atoms with Crippen molar-refractivity contribution in [2.45, 2.75) is 51.2 Å². The van der Waals surface area contributed by atoms with Gasteiger partial charge in [-0.3, -0.25) is 4.79 Å². The van der Waals surface area contributed by atoms with Gasteiger partial charge in [-0.05, 0) is 49.7 Å². The molecule has 0 saturated heterocycles. The second kappa shape index (κ2) is 9.43. The van der Waals surface area contributed by atoms with Gasteiger partial charge in [0.1, 0.15) is 13.2 Å². The number of fused-ring (bicyclic) bond motifs is 2. The van der Waals surface area contributed by atoms with Crippen molar-refractivity contribution in [2.24, 2.45) is 0 Å². The highest BCUT2D eigenvalue weighted by molar-refractivity contribution is 7.80. The van der Waals surface area contributed by atoms with Crippen LogP contribution in [0.2, 0.25) is 0 Å². The molecular formula is C26H29N3O3S. The Morgan fingerprint density at radius 1 is 1.12 bits per heavy atom. The Morgan fingerprint density at radius 3 is 2.55 bits per heavy atom. The average Bonchev–Trinajstić information content (AvgIpc) is 3.36. The van der Waals surface area contributed by atoms with E-state index in [9.17, 15) is 4.79 Å². The number of H-pyrrole nitrogens is 1. The van der Waals surface area contributed by atoms with Gasteiger partial charge in [0, 0.05) is 23.1 Å². The molecule has 6 nitrogen and oxygen atoms in total. The van der Waals surface area contributed by atoms with Gasteiger partial charge in [0.2, 0.25) is 0 Å². The fourth-order valence-corrected chi connectivity index (χ4v) is 5.16. The number of nitrogens with zero attached hydrogens (tertiary/aromatic N) is 1. The lowest BCUT2D eigenvalue weighted by molar-refractivity contribution is 0.172. The molecule has 2 aliphatic rings. The summed E-state index contributed by atoms with van der Waals surface area (Å²) in [7, 11) is 0. The largest absolute Gasteiger partial charge is 0.486 e. The number of aromatic nitrogens is 1. The number of pyridine rings is 1. The van der Waals surface area contributed by atoms with Crippen LogP contribution in [0, 0.1) is 0 Å². The topological polar surface area (TPSA) is 66.6 Å². The lowest BCUT2D eigenvalue weighted by atomic mass is 10.1. The lowest BCUT2D eigenvalue weighted by Crippen LogP contribution is -2.46. The van der Waals surface area contributed by atoms with E-state index in [0.717, 1.165) is 23.7 Å². The highest BCUT2D eigenvalue weighted by Crippen LogP contribution is 2.34. The van der Waals surface area contributed by atoms with Crippen LogP contribution in [0.1, 0.15) is 49.8 Å². The Bertz CT molecular complexity index is 1200. The highest BCUT2D eigenvalue weighted by atomic mass is 32.1. The molecule has 1 atom stereocenters. The highest BCUT2D eigenvalue weighted by Gasteiger charge is 2.26. The van der Waals surface area contributed by atoms with E-state index in [2.05, 4.69) is 34.3 Å². The summed E-state index contributed by atoms with van der Waals surface area (Å²) in [6, 6.07) is 16.4. The van der Waals surface area contributed by atoms with Gasteiger partial charge < -0.3 is 24.7 Å². The Hall–Kier alpha value is -3.06. The third-order valence-corrected chi connectivity index (χ3v) is 6.94. The van der Waals surface area contributed by atoms with Gasteiger partial charge >= 0.3 is 0 Å². The fourth-order valence-electron chi connectivity index (χ4n) is 4.76. The van der Waals surface area contributed by atoms with Crippen molar-refractivity contribution in [3.63, 3.8) is 0 Å². The lowest BCUT2D eigenvalue weighted by Gasteiger charge is -2.33. The molecule has 1 aromatic heterocycles. The summed E-state index contributed by atoms with van der Waals surface area (Å²) in [6.07, 6.45) is 4.56. The fraction of sp³-hybridized carbons (Fsp3) is 0.385. The molecule has 1 fully saturated rings. The van der Waals surface area contributed by atoms with Crippen molar-refractivity contribution in [3.05, 3.63) is 70.0 Å². The molecule has 7 heteroatoms. The maximum absolute atomic E-state index is 13.0. The maximum Gasteiger partial charge on any atom is 0.253 e. The SMILES string of the molecule is C[C@H](NC(=S)N(Cc1cc2cc3c(cc2[nH]c1=O)OCCO3)C1CCCC1)c1ccccc1. The third kappa shape index (κ3) is 4.69. The predicted molar refractivity (Wildman–Crippen MR) is 134 cm³/mol. The number of thiocarbonyl (C=S) groups is 1. The molecule has 2 aromatic carbocycles. The molecule has 1 saturated carbocycles. The minimum atomic E-state index is -0.0962. The third-order valence-electron chi connectivity index (χ3n) is 6.59. The first kappa shape index (κ1) is 21.8. The van der Waals surface area contributed by atoms with E-state index in [1.165, 1.54) is 18.4 Å². The van der Waals surface area contributed by atoms with Gasteiger partial charge in [0.15, 0.2) is 16.6 Å². The number of hydrogen-bond acceptors (Lipinski definition) is 4. The minimum Gasteiger partial charge on any atom is -0.486 e. The molecule has 33 heavy (non-hydrogen) atoms. The molecule has 2 N–H and O–H groups in total. The van der Waals surface area contributed by atoms with Crippen molar-refractivity contribution in [2.75, 3.05) is 13.2 Å². The molecule has 0 unspecified atom stereocenters. The normalized spacial score (nSPS) is 16.5. The first-order chi connectivity index (χ1) is 16.1. The van der Waals surface area contributed by atoms with Crippen molar-refractivity contribution >= 4 is 28.2 Å². The van der Waals surface area contributed by atoms with E-state index in [4.69, 9.17) is 21.7 Å². The second-order valence-corrected chi connectivity index (χ2v) is 9.24. The van der Waals surface area contributed by atoms with Crippen LogP contribution in [0.15, 0.2) is 53.3 Å². The quantitative estimate of drug-likeness (QED) is 0.536. The van der Waals surface area contributed by atoms with E-state index in [0.29, 0.717) is 48.0 Å². The van der Waals surface area contributed by atoms with Gasteiger partial charge in [-0.1, -0.05) is 43.2 Å². The molecule has 0 bridgehead atoms. The van der Waals surface area contributed by atoms with Gasteiger partial charge in [-0.2, -0.15) is 0 Å². The zero-order chi connectivity index (χ0) is 22.8. The minimum absolute atomic E-state index is 0.0844. The monoisotopic (exact) mass is 463 g/mol. The molecule has 3 aromatic rings. The van der Waals surface area contributed by atoms with E-state index >= 15 is 0 Å². The van der Waals surface area contributed by atoms with Crippen molar-refractivity contribution < 1.29 is 9.47 Å². The van der Waals surface area contributed by atoms with Crippen LogP contribution in [0.5, 0.6) is 11.5 Å². The Kier molecular flexibility index (Phi) is 6.22. The Balaban J connectivity index is 1.42. The van der Waals surface area contributed by atoms with E-state index < -0.39 is 0 Å². The molecule has 1 aliphatic heterocycles. The van der Waals surface area contributed by atoms with Gasteiger partial charge in [0.05, 0.1) is 18.1 Å². The zero-order valence-corrected chi connectivity index (χ0v) is 19.6. The summed E-state index contributed by atoms with van der Waals surface area (Å²) in [4.78, 5) is 18.2. The van der Waals surface area contributed by atoms with Crippen LogP contribution in [-0.2, 0) is 6.54 Å². The van der Waals surface area contributed by atoms with Crippen LogP contribution in [-0.4, -0.2) is 34.3 Å². The molecule has 0 radical (unpaired) electrons. The summed E-state index contributed by atoms with van der Waals surface area (Å²) in [5, 5.41) is 5.12. The first-order valence-electron chi connectivity index (χ1n) is 11.7. The zero-order valence-electron chi connectivity index (χ0n) is 18.8. The van der Waals surface area contributed by atoms with Crippen molar-refractivity contribution in [1.82, 2.24) is 15.2 Å². The van der Waals surface area contributed by atoms with Crippen LogP contribution in [0.4, 0.5) is 0 Å². The first-order valence-corrected chi connectivity index (χ1v) is 12.1. The van der Waals surface area contributed by atoms with E-state index in [1.54, 1.807) is 0 Å². The molecule has 2 heterocycles. The second-order valence-electron chi connectivity index (χ2n) is 8.85. The summed E-state index contributed by atoms with van der Waals surface area (Å²) >= 11 is 5.87. The summed E-state index contributed by atoms with van der Waals surface area (Å²) < 4.78 is 11.4. The van der Waals surface area contributed by atoms with E-state index in [-0.39, 0.29) is 11.6 Å². The number of nitrogens with one attached hydrogen (secondary N) is 2. The summed E-state index contributed by atoms with van der Waals surface area (Å²) in [5.41, 5.74) is 2.53.